The van der Waals surface area contributed by atoms with Crippen molar-refractivity contribution in [2.45, 2.75) is 27.1 Å². The van der Waals surface area contributed by atoms with Crippen LogP contribution in [-0.2, 0) is 4.74 Å². The molecule has 2 nitrogen and oxygen atoms in total. The molecule has 0 bridgehead atoms. The van der Waals surface area contributed by atoms with Crippen molar-refractivity contribution in [1.29, 1.82) is 0 Å². The lowest BCUT2D eigenvalue weighted by Gasteiger charge is -2.26. The van der Waals surface area contributed by atoms with Crippen LogP contribution in [0.5, 0.6) is 0 Å². The van der Waals surface area contributed by atoms with Crippen LogP contribution in [0.15, 0.2) is 21.9 Å². The largest absolute Gasteiger partial charge is 0.465 e. The summed E-state index contributed by atoms with van der Waals surface area (Å²) in [6, 6.07) is 0. The second kappa shape index (κ2) is 3.62. The number of allylic oxidation sites excluding steroid dienone is 2. The van der Waals surface area contributed by atoms with Gasteiger partial charge in [0, 0.05) is 4.48 Å². The number of aliphatic hydroxyl groups is 1. The van der Waals surface area contributed by atoms with Crippen LogP contribution in [0.4, 0.5) is 0 Å². The van der Waals surface area contributed by atoms with Gasteiger partial charge in [0.2, 0.25) is 6.29 Å². The highest BCUT2D eigenvalue weighted by Gasteiger charge is 2.24. The van der Waals surface area contributed by atoms with Crippen LogP contribution in [0.1, 0.15) is 20.8 Å². The van der Waals surface area contributed by atoms with Crippen molar-refractivity contribution < 1.29 is 9.84 Å². The van der Waals surface area contributed by atoms with Gasteiger partial charge in [-0.1, -0.05) is 22.9 Å². The predicted molar refractivity (Wildman–Crippen MR) is 51.6 cm³/mol. The summed E-state index contributed by atoms with van der Waals surface area (Å²) in [5.74, 6) is 0.778. The van der Waals surface area contributed by atoms with E-state index in [9.17, 15) is 5.11 Å². The fourth-order valence-electron chi connectivity index (χ4n) is 0.921. The first-order valence-electron chi connectivity index (χ1n) is 3.91. The molecule has 0 saturated carbocycles. The van der Waals surface area contributed by atoms with E-state index >= 15 is 0 Å². The van der Waals surface area contributed by atoms with E-state index in [0.717, 1.165) is 15.8 Å². The molecule has 0 aliphatic carbocycles. The number of ether oxygens (including phenoxy) is 1. The van der Waals surface area contributed by atoms with Crippen LogP contribution < -0.4 is 0 Å². The average Bonchev–Trinajstić information content (AvgIpc) is 1.99. The highest BCUT2D eigenvalue weighted by atomic mass is 79.9. The van der Waals surface area contributed by atoms with E-state index < -0.39 is 6.29 Å². The third kappa shape index (κ3) is 1.90. The maximum atomic E-state index is 9.44. The Balaban J connectivity index is 2.96. The summed E-state index contributed by atoms with van der Waals surface area (Å²) in [4.78, 5) is 0. The molecule has 0 saturated heterocycles. The predicted octanol–water partition coefficient (Wildman–Crippen LogP) is 2.54. The Morgan fingerprint density at radius 3 is 2.58 bits per heavy atom. The summed E-state index contributed by atoms with van der Waals surface area (Å²) in [5.41, 5.74) is 1.07. The SMILES string of the molecule is CC(C)=C1C=C(Br)C(C)C(O)O1. The molecule has 1 N–H and O–H groups in total. The van der Waals surface area contributed by atoms with Crippen LogP contribution in [-0.4, -0.2) is 11.4 Å². The van der Waals surface area contributed by atoms with E-state index in [0.29, 0.717) is 0 Å². The van der Waals surface area contributed by atoms with E-state index in [1.807, 2.05) is 26.8 Å². The Hall–Kier alpha value is -0.280. The van der Waals surface area contributed by atoms with Gasteiger partial charge in [-0.2, -0.15) is 0 Å². The Labute approximate surface area is 81.0 Å². The van der Waals surface area contributed by atoms with Gasteiger partial charge in [0.25, 0.3) is 0 Å². The number of rotatable bonds is 0. The maximum absolute atomic E-state index is 9.44. The highest BCUT2D eigenvalue weighted by Crippen LogP contribution is 2.30. The second-order valence-electron chi connectivity index (χ2n) is 3.19. The van der Waals surface area contributed by atoms with Gasteiger partial charge < -0.3 is 9.84 Å². The van der Waals surface area contributed by atoms with Crippen LogP contribution >= 0.6 is 15.9 Å². The normalized spacial score (nSPS) is 29.4. The molecule has 1 heterocycles. The van der Waals surface area contributed by atoms with E-state index in [1.165, 1.54) is 0 Å². The molecule has 0 aromatic carbocycles. The fourth-order valence-corrected chi connectivity index (χ4v) is 1.36. The van der Waals surface area contributed by atoms with Gasteiger partial charge >= 0.3 is 0 Å². The van der Waals surface area contributed by atoms with E-state index in [4.69, 9.17) is 4.74 Å². The summed E-state index contributed by atoms with van der Waals surface area (Å²) in [5, 5.41) is 9.44. The monoisotopic (exact) mass is 232 g/mol. The smallest absolute Gasteiger partial charge is 0.204 e. The molecule has 0 fully saturated rings. The van der Waals surface area contributed by atoms with Crippen molar-refractivity contribution in [2.24, 2.45) is 5.92 Å². The molecule has 1 aliphatic rings. The van der Waals surface area contributed by atoms with Gasteiger partial charge in [-0.3, -0.25) is 0 Å². The average molecular weight is 233 g/mol. The molecule has 2 unspecified atom stereocenters. The molecule has 0 spiro atoms. The molecule has 0 amide bonds. The highest BCUT2D eigenvalue weighted by molar-refractivity contribution is 9.11. The lowest BCUT2D eigenvalue weighted by Crippen LogP contribution is -2.24. The van der Waals surface area contributed by atoms with Gasteiger partial charge in [-0.05, 0) is 25.5 Å². The topological polar surface area (TPSA) is 29.5 Å². The van der Waals surface area contributed by atoms with Crippen molar-refractivity contribution in [1.82, 2.24) is 0 Å². The molecule has 2 atom stereocenters. The van der Waals surface area contributed by atoms with Crippen molar-refractivity contribution >= 4 is 15.9 Å². The van der Waals surface area contributed by atoms with Crippen LogP contribution in [0, 0.1) is 5.92 Å². The Morgan fingerprint density at radius 2 is 2.17 bits per heavy atom. The lowest BCUT2D eigenvalue weighted by atomic mass is 10.1. The molecule has 1 rings (SSSR count). The standard InChI is InChI=1S/C9H13BrO2/c1-5(2)8-4-7(10)6(3)9(11)12-8/h4,6,9,11H,1-3H3. The summed E-state index contributed by atoms with van der Waals surface area (Å²) in [7, 11) is 0. The number of aliphatic hydroxyl groups excluding tert-OH is 1. The molecular weight excluding hydrogens is 220 g/mol. The molecular formula is C9H13BrO2. The van der Waals surface area contributed by atoms with Crippen LogP contribution in [0.25, 0.3) is 0 Å². The minimum absolute atomic E-state index is 0.0214. The lowest BCUT2D eigenvalue weighted by molar-refractivity contribution is -0.0911. The van der Waals surface area contributed by atoms with Crippen LogP contribution in [0.2, 0.25) is 0 Å². The number of hydrogen-bond acceptors (Lipinski definition) is 2. The molecule has 1 aliphatic heterocycles. The Bertz CT molecular complexity index is 239. The molecule has 68 valence electrons. The first kappa shape index (κ1) is 9.81. The van der Waals surface area contributed by atoms with Gasteiger partial charge in [0.15, 0.2) is 0 Å². The minimum atomic E-state index is -0.728. The van der Waals surface area contributed by atoms with Crippen molar-refractivity contribution in [3.63, 3.8) is 0 Å². The van der Waals surface area contributed by atoms with Gasteiger partial charge in [-0.15, -0.1) is 0 Å². The molecule has 0 aromatic heterocycles. The zero-order chi connectivity index (χ0) is 9.30. The summed E-state index contributed by atoms with van der Waals surface area (Å²) >= 11 is 3.39. The second-order valence-corrected chi connectivity index (χ2v) is 4.11. The molecule has 12 heavy (non-hydrogen) atoms. The quantitative estimate of drug-likeness (QED) is 0.696. The number of halogens is 1. The first-order valence-corrected chi connectivity index (χ1v) is 4.71. The third-order valence-corrected chi connectivity index (χ3v) is 2.82. The van der Waals surface area contributed by atoms with Crippen molar-refractivity contribution in [2.75, 3.05) is 0 Å². The van der Waals surface area contributed by atoms with E-state index in [2.05, 4.69) is 15.9 Å². The summed E-state index contributed by atoms with van der Waals surface area (Å²) < 4.78 is 6.24. The maximum Gasteiger partial charge on any atom is 0.204 e. The zero-order valence-electron chi connectivity index (χ0n) is 7.47. The molecule has 3 heteroatoms. The first-order chi connectivity index (χ1) is 5.52. The zero-order valence-corrected chi connectivity index (χ0v) is 9.05. The van der Waals surface area contributed by atoms with Crippen LogP contribution in [0.3, 0.4) is 0 Å². The Morgan fingerprint density at radius 1 is 1.58 bits per heavy atom. The van der Waals surface area contributed by atoms with E-state index in [-0.39, 0.29) is 5.92 Å². The fraction of sp³-hybridized carbons (Fsp3) is 0.556. The molecule has 0 aromatic rings. The summed E-state index contributed by atoms with van der Waals surface area (Å²) in [6.45, 7) is 5.82. The van der Waals surface area contributed by atoms with Gasteiger partial charge in [0.05, 0.1) is 5.92 Å². The van der Waals surface area contributed by atoms with Gasteiger partial charge in [-0.25, -0.2) is 0 Å². The number of hydrogen-bond donors (Lipinski definition) is 1. The molecule has 0 radical (unpaired) electrons. The van der Waals surface area contributed by atoms with Gasteiger partial charge in [0.1, 0.15) is 5.76 Å². The van der Waals surface area contributed by atoms with Crippen molar-refractivity contribution in [3.05, 3.63) is 21.9 Å². The van der Waals surface area contributed by atoms with Crippen molar-refractivity contribution in [3.8, 4) is 0 Å². The Kier molecular flexibility index (Phi) is 2.96. The summed E-state index contributed by atoms with van der Waals surface area (Å²) in [6.07, 6.45) is 1.18. The van der Waals surface area contributed by atoms with E-state index in [1.54, 1.807) is 0 Å². The minimum Gasteiger partial charge on any atom is -0.465 e. The third-order valence-electron chi connectivity index (χ3n) is 1.87.